The van der Waals surface area contributed by atoms with Gasteiger partial charge in [-0.25, -0.2) is 0 Å². The van der Waals surface area contributed by atoms with E-state index in [1.165, 1.54) is 7.11 Å². The second-order valence-corrected chi connectivity index (χ2v) is 4.03. The van der Waals surface area contributed by atoms with Crippen LogP contribution in [0.5, 0.6) is 0 Å². The first-order valence-corrected chi connectivity index (χ1v) is 5.20. The average molecular weight is 200 g/mol. The lowest BCUT2D eigenvalue weighted by molar-refractivity contribution is -0.142. The third-order valence-electron chi connectivity index (χ3n) is 2.80. The highest BCUT2D eigenvalue weighted by Gasteiger charge is 2.22. The molecule has 4 nitrogen and oxygen atoms in total. The molecule has 1 saturated heterocycles. The summed E-state index contributed by atoms with van der Waals surface area (Å²) in [5.74, 6) is -0.142. The zero-order chi connectivity index (χ0) is 10.6. The Labute approximate surface area is 85.4 Å². The number of nitrogens with two attached hydrogens (primary N) is 1. The first kappa shape index (κ1) is 11.5. The van der Waals surface area contributed by atoms with Crippen LogP contribution in [0.15, 0.2) is 0 Å². The van der Waals surface area contributed by atoms with Gasteiger partial charge in [-0.1, -0.05) is 0 Å². The van der Waals surface area contributed by atoms with Gasteiger partial charge in [0.2, 0.25) is 0 Å². The molecule has 4 heteroatoms. The van der Waals surface area contributed by atoms with Gasteiger partial charge in [0, 0.05) is 18.6 Å². The number of nitrogens with zero attached hydrogens (tertiary/aromatic N) is 1. The number of hydrogen-bond donors (Lipinski definition) is 1. The fourth-order valence-corrected chi connectivity index (χ4v) is 1.89. The molecular weight excluding hydrogens is 180 g/mol. The fourth-order valence-electron chi connectivity index (χ4n) is 1.89. The molecule has 0 radical (unpaired) electrons. The quantitative estimate of drug-likeness (QED) is 0.668. The van der Waals surface area contributed by atoms with Crippen LogP contribution in [0, 0.1) is 0 Å². The summed E-state index contributed by atoms with van der Waals surface area (Å²) in [5, 5.41) is 0. The van der Waals surface area contributed by atoms with Crippen LogP contribution in [-0.2, 0) is 9.53 Å². The fraction of sp³-hybridized carbons (Fsp3) is 0.900. The predicted octanol–water partition coefficient (Wildman–Crippen LogP) is 0.361. The molecule has 1 aliphatic rings. The van der Waals surface area contributed by atoms with Crippen LogP contribution in [0.2, 0.25) is 0 Å². The van der Waals surface area contributed by atoms with E-state index in [0.717, 1.165) is 25.9 Å². The number of ether oxygens (including phenoxy) is 1. The maximum atomic E-state index is 11.1. The Hall–Kier alpha value is -0.610. The number of carbonyl (C=O) groups excluding carboxylic acids is 1. The molecule has 1 aliphatic heterocycles. The van der Waals surface area contributed by atoms with Gasteiger partial charge in [-0.05, 0) is 26.3 Å². The molecule has 82 valence electrons. The number of methoxy groups -OCH3 is 1. The van der Waals surface area contributed by atoms with E-state index in [4.69, 9.17) is 5.73 Å². The molecule has 1 fully saturated rings. The van der Waals surface area contributed by atoms with Crippen molar-refractivity contribution < 1.29 is 9.53 Å². The average Bonchev–Trinajstić information content (AvgIpc) is 2.17. The molecule has 2 unspecified atom stereocenters. The van der Waals surface area contributed by atoms with Crippen molar-refractivity contribution in [1.82, 2.24) is 4.90 Å². The zero-order valence-electron chi connectivity index (χ0n) is 9.03. The second-order valence-electron chi connectivity index (χ2n) is 4.03. The van der Waals surface area contributed by atoms with Crippen LogP contribution in [0.25, 0.3) is 0 Å². The summed E-state index contributed by atoms with van der Waals surface area (Å²) in [5.41, 5.74) is 5.87. The summed E-state index contributed by atoms with van der Waals surface area (Å²) < 4.78 is 4.64. The number of hydrogen-bond acceptors (Lipinski definition) is 4. The normalized spacial score (nSPS) is 25.8. The van der Waals surface area contributed by atoms with Gasteiger partial charge in [-0.15, -0.1) is 0 Å². The van der Waals surface area contributed by atoms with Crippen molar-refractivity contribution >= 4 is 5.97 Å². The molecule has 0 spiro atoms. The molecule has 14 heavy (non-hydrogen) atoms. The third-order valence-corrected chi connectivity index (χ3v) is 2.80. The Morgan fingerprint density at radius 2 is 2.43 bits per heavy atom. The maximum absolute atomic E-state index is 11.1. The summed E-state index contributed by atoms with van der Waals surface area (Å²) >= 11 is 0. The number of esters is 1. The van der Waals surface area contributed by atoms with Crippen LogP contribution in [0.4, 0.5) is 0 Å². The molecule has 2 atom stereocenters. The smallest absolute Gasteiger partial charge is 0.307 e. The molecule has 0 saturated carbocycles. The molecule has 1 heterocycles. The number of carbonyl (C=O) groups is 1. The van der Waals surface area contributed by atoms with Crippen molar-refractivity contribution in [1.29, 1.82) is 0 Å². The minimum atomic E-state index is -0.142. The third kappa shape index (κ3) is 3.27. The summed E-state index contributed by atoms with van der Waals surface area (Å²) in [6, 6.07) is 0.512. The highest BCUT2D eigenvalue weighted by atomic mass is 16.5. The van der Waals surface area contributed by atoms with E-state index >= 15 is 0 Å². The van der Waals surface area contributed by atoms with Crippen molar-refractivity contribution in [3.8, 4) is 0 Å². The minimum Gasteiger partial charge on any atom is -0.469 e. The Kier molecular flexibility index (Phi) is 4.35. The van der Waals surface area contributed by atoms with Gasteiger partial charge < -0.3 is 10.5 Å². The van der Waals surface area contributed by atoms with E-state index in [1.807, 2.05) is 0 Å². The molecule has 0 amide bonds. The predicted molar refractivity (Wildman–Crippen MR) is 54.9 cm³/mol. The minimum absolute atomic E-state index is 0.142. The van der Waals surface area contributed by atoms with E-state index in [2.05, 4.69) is 16.6 Å². The van der Waals surface area contributed by atoms with Crippen molar-refractivity contribution in [2.24, 2.45) is 5.73 Å². The number of likely N-dealkylation sites (tertiary alicyclic amines) is 1. The monoisotopic (exact) mass is 200 g/mol. The van der Waals surface area contributed by atoms with E-state index in [1.54, 1.807) is 0 Å². The van der Waals surface area contributed by atoms with Gasteiger partial charge in [-0.3, -0.25) is 9.69 Å². The Balaban J connectivity index is 2.35. The standard InChI is InChI=1S/C10H20N2O2/c1-8(6-10(13)14-2)12-5-3-4-9(11)7-12/h8-9H,3-7,11H2,1-2H3. The van der Waals surface area contributed by atoms with Gasteiger partial charge in [-0.2, -0.15) is 0 Å². The number of rotatable bonds is 3. The molecule has 0 bridgehead atoms. The molecular formula is C10H20N2O2. The van der Waals surface area contributed by atoms with Gasteiger partial charge in [0.15, 0.2) is 0 Å². The van der Waals surface area contributed by atoms with Gasteiger partial charge >= 0.3 is 5.97 Å². The Morgan fingerprint density at radius 1 is 1.71 bits per heavy atom. The van der Waals surface area contributed by atoms with E-state index in [9.17, 15) is 4.79 Å². The summed E-state index contributed by atoms with van der Waals surface area (Å²) in [6.07, 6.45) is 2.69. The van der Waals surface area contributed by atoms with Gasteiger partial charge in [0.1, 0.15) is 0 Å². The highest BCUT2D eigenvalue weighted by molar-refractivity contribution is 5.69. The van der Waals surface area contributed by atoms with Gasteiger partial charge in [0.05, 0.1) is 13.5 Å². The first-order chi connectivity index (χ1) is 6.63. The molecule has 0 aromatic heterocycles. The van der Waals surface area contributed by atoms with Gasteiger partial charge in [0.25, 0.3) is 0 Å². The van der Waals surface area contributed by atoms with Crippen molar-refractivity contribution in [2.45, 2.75) is 38.3 Å². The summed E-state index contributed by atoms with van der Waals surface area (Å²) in [7, 11) is 1.43. The molecule has 2 N–H and O–H groups in total. The SMILES string of the molecule is COC(=O)CC(C)N1CCCC(N)C1. The van der Waals surface area contributed by atoms with Crippen molar-refractivity contribution in [3.63, 3.8) is 0 Å². The zero-order valence-corrected chi connectivity index (χ0v) is 9.03. The van der Waals surface area contributed by atoms with Crippen LogP contribution in [0.3, 0.4) is 0 Å². The van der Waals surface area contributed by atoms with Crippen molar-refractivity contribution in [2.75, 3.05) is 20.2 Å². The molecule has 0 aromatic carbocycles. The van der Waals surface area contributed by atoms with Crippen LogP contribution in [-0.4, -0.2) is 43.2 Å². The second kappa shape index (κ2) is 5.32. The van der Waals surface area contributed by atoms with E-state index in [0.29, 0.717) is 6.42 Å². The van der Waals surface area contributed by atoms with Crippen LogP contribution in [0.1, 0.15) is 26.2 Å². The Bertz CT molecular complexity index is 197. The maximum Gasteiger partial charge on any atom is 0.307 e. The first-order valence-electron chi connectivity index (χ1n) is 5.20. The summed E-state index contributed by atoms with van der Waals surface area (Å²) in [4.78, 5) is 13.3. The van der Waals surface area contributed by atoms with Crippen molar-refractivity contribution in [3.05, 3.63) is 0 Å². The molecule has 1 rings (SSSR count). The molecule has 0 aliphatic carbocycles. The highest BCUT2D eigenvalue weighted by Crippen LogP contribution is 2.13. The lowest BCUT2D eigenvalue weighted by Crippen LogP contribution is -2.47. The lowest BCUT2D eigenvalue weighted by atomic mass is 10.0. The van der Waals surface area contributed by atoms with Crippen LogP contribution < -0.4 is 5.73 Å². The summed E-state index contributed by atoms with van der Waals surface area (Å²) in [6.45, 7) is 4.00. The van der Waals surface area contributed by atoms with E-state index < -0.39 is 0 Å². The lowest BCUT2D eigenvalue weighted by Gasteiger charge is -2.34. The Morgan fingerprint density at radius 3 is 3.00 bits per heavy atom. The largest absolute Gasteiger partial charge is 0.469 e. The van der Waals surface area contributed by atoms with Crippen LogP contribution >= 0.6 is 0 Å². The topological polar surface area (TPSA) is 55.6 Å². The molecule has 0 aromatic rings. The van der Waals surface area contributed by atoms with E-state index in [-0.39, 0.29) is 18.1 Å². The number of piperidine rings is 1.